The van der Waals surface area contributed by atoms with E-state index in [-0.39, 0.29) is 16.5 Å². The lowest BCUT2D eigenvalue weighted by Gasteiger charge is -2.14. The van der Waals surface area contributed by atoms with E-state index in [9.17, 15) is 19.2 Å². The first-order valence-corrected chi connectivity index (χ1v) is 10.6. The lowest BCUT2D eigenvalue weighted by molar-refractivity contribution is -0.135. The molecule has 170 valence electrons. The topological polar surface area (TPSA) is 108 Å². The Labute approximate surface area is 195 Å². The molecule has 0 radical (unpaired) electrons. The first kappa shape index (κ1) is 22.7. The van der Waals surface area contributed by atoms with E-state index in [4.69, 9.17) is 5.73 Å². The third-order valence-electron chi connectivity index (χ3n) is 5.85. The number of ether oxygens (including phenoxy) is 1. The second kappa shape index (κ2) is 9.15. The number of hydrogen-bond donors (Lipinski definition) is 1. The van der Waals surface area contributed by atoms with Gasteiger partial charge in [-0.25, -0.2) is 4.79 Å². The van der Waals surface area contributed by atoms with Crippen LogP contribution in [-0.2, 0) is 20.9 Å². The van der Waals surface area contributed by atoms with Crippen molar-refractivity contribution in [3.63, 3.8) is 0 Å². The van der Waals surface area contributed by atoms with Gasteiger partial charge in [0, 0.05) is 23.2 Å². The molecule has 0 atom stereocenters. The van der Waals surface area contributed by atoms with Gasteiger partial charge in [0.1, 0.15) is 0 Å². The number of carbonyl (C=O) groups is 4. The van der Waals surface area contributed by atoms with Crippen LogP contribution in [0.1, 0.15) is 32.0 Å². The minimum absolute atomic E-state index is 0.00699. The number of benzene rings is 3. The van der Waals surface area contributed by atoms with E-state index >= 15 is 0 Å². The standard InChI is InChI=1S/C27H22N2O5/c1-16-22(25(31)26(28)32)23-20(24(30)27(33)34-2)13-8-14-21(23)29(16)15-18-11-6-7-12-19(18)17-9-4-3-5-10-17/h3-14H,15H2,1-2H3,(H2,28,32). The van der Waals surface area contributed by atoms with Crippen molar-refractivity contribution in [2.75, 3.05) is 7.11 Å². The van der Waals surface area contributed by atoms with Crippen LogP contribution in [-0.4, -0.2) is 35.1 Å². The third kappa shape index (κ3) is 3.88. The van der Waals surface area contributed by atoms with Crippen LogP contribution >= 0.6 is 0 Å². The monoisotopic (exact) mass is 454 g/mol. The zero-order chi connectivity index (χ0) is 24.4. The third-order valence-corrected chi connectivity index (χ3v) is 5.85. The first-order valence-electron chi connectivity index (χ1n) is 10.6. The van der Waals surface area contributed by atoms with Crippen molar-refractivity contribution in [3.8, 4) is 11.1 Å². The Hall–Kier alpha value is -4.52. The lowest BCUT2D eigenvalue weighted by atomic mass is 9.99. The summed E-state index contributed by atoms with van der Waals surface area (Å²) in [6.45, 7) is 2.04. The zero-order valence-corrected chi connectivity index (χ0v) is 18.7. The predicted molar refractivity (Wildman–Crippen MR) is 128 cm³/mol. The van der Waals surface area contributed by atoms with Crippen LogP contribution in [0.5, 0.6) is 0 Å². The quantitative estimate of drug-likeness (QED) is 0.260. The van der Waals surface area contributed by atoms with Crippen LogP contribution in [0.2, 0.25) is 0 Å². The van der Waals surface area contributed by atoms with E-state index < -0.39 is 23.4 Å². The van der Waals surface area contributed by atoms with Gasteiger partial charge in [0.25, 0.3) is 17.5 Å². The number of primary amides is 1. The molecule has 3 aromatic carbocycles. The first-order chi connectivity index (χ1) is 16.3. The van der Waals surface area contributed by atoms with E-state index in [0.29, 0.717) is 17.8 Å². The molecule has 0 fully saturated rings. The van der Waals surface area contributed by atoms with Crippen LogP contribution in [0.15, 0.2) is 72.8 Å². The zero-order valence-electron chi connectivity index (χ0n) is 18.7. The Kier molecular flexibility index (Phi) is 6.10. The Morgan fingerprint density at radius 3 is 2.21 bits per heavy atom. The number of amides is 1. The van der Waals surface area contributed by atoms with E-state index in [2.05, 4.69) is 4.74 Å². The maximum absolute atomic E-state index is 12.8. The molecule has 4 aromatic rings. The second-order valence-electron chi connectivity index (χ2n) is 7.78. The molecular weight excluding hydrogens is 432 g/mol. The molecule has 1 heterocycles. The smallest absolute Gasteiger partial charge is 0.379 e. The van der Waals surface area contributed by atoms with Crippen molar-refractivity contribution < 1.29 is 23.9 Å². The van der Waals surface area contributed by atoms with Gasteiger partial charge in [-0.3, -0.25) is 14.4 Å². The summed E-state index contributed by atoms with van der Waals surface area (Å²) in [4.78, 5) is 49.4. The highest BCUT2D eigenvalue weighted by Crippen LogP contribution is 2.32. The number of carbonyl (C=O) groups excluding carboxylic acids is 4. The summed E-state index contributed by atoms with van der Waals surface area (Å²) in [5.41, 5.74) is 9.31. The molecule has 0 saturated carbocycles. The Morgan fingerprint density at radius 2 is 1.53 bits per heavy atom. The van der Waals surface area contributed by atoms with Crippen molar-refractivity contribution in [3.05, 3.63) is 95.2 Å². The number of Topliss-reactive ketones (excluding diaryl/α,β-unsaturated/α-hetero) is 2. The van der Waals surface area contributed by atoms with Crippen LogP contribution in [0.4, 0.5) is 0 Å². The summed E-state index contributed by atoms with van der Waals surface area (Å²) >= 11 is 0. The molecule has 0 bridgehead atoms. The van der Waals surface area contributed by atoms with Crippen molar-refractivity contribution in [1.82, 2.24) is 4.57 Å². The molecule has 7 nitrogen and oxygen atoms in total. The molecule has 34 heavy (non-hydrogen) atoms. The number of methoxy groups -OCH3 is 1. The number of nitrogens with two attached hydrogens (primary N) is 1. The van der Waals surface area contributed by atoms with Crippen molar-refractivity contribution in [1.29, 1.82) is 0 Å². The number of aromatic nitrogens is 1. The van der Waals surface area contributed by atoms with Crippen molar-refractivity contribution in [2.24, 2.45) is 5.73 Å². The van der Waals surface area contributed by atoms with Crippen LogP contribution in [0, 0.1) is 6.92 Å². The van der Waals surface area contributed by atoms with Crippen LogP contribution < -0.4 is 5.73 Å². The minimum Gasteiger partial charge on any atom is -0.463 e. The molecule has 0 unspecified atom stereocenters. The maximum Gasteiger partial charge on any atom is 0.379 e. The number of esters is 1. The molecule has 0 saturated heterocycles. The highest BCUT2D eigenvalue weighted by Gasteiger charge is 2.29. The number of fused-ring (bicyclic) bond motifs is 1. The second-order valence-corrected chi connectivity index (χ2v) is 7.78. The molecule has 4 rings (SSSR count). The van der Waals surface area contributed by atoms with Gasteiger partial charge in [-0.05, 0) is 35.7 Å². The molecule has 0 aliphatic rings. The van der Waals surface area contributed by atoms with Crippen molar-refractivity contribution in [2.45, 2.75) is 13.5 Å². The Morgan fingerprint density at radius 1 is 0.853 bits per heavy atom. The maximum atomic E-state index is 12.8. The fraction of sp³-hybridized carbons (Fsp3) is 0.111. The van der Waals surface area contributed by atoms with Gasteiger partial charge in [-0.2, -0.15) is 0 Å². The van der Waals surface area contributed by atoms with Gasteiger partial charge in [0.05, 0.1) is 18.2 Å². The molecule has 1 aromatic heterocycles. The van der Waals surface area contributed by atoms with Gasteiger partial charge in [-0.15, -0.1) is 0 Å². The van der Waals surface area contributed by atoms with Crippen LogP contribution in [0.3, 0.4) is 0 Å². The van der Waals surface area contributed by atoms with Gasteiger partial charge >= 0.3 is 5.97 Å². The largest absolute Gasteiger partial charge is 0.463 e. The van der Waals surface area contributed by atoms with Gasteiger partial charge in [-0.1, -0.05) is 60.7 Å². The number of nitrogens with zero attached hydrogens (tertiary/aromatic N) is 1. The average Bonchev–Trinajstić information content (AvgIpc) is 3.14. The normalized spacial score (nSPS) is 10.8. The summed E-state index contributed by atoms with van der Waals surface area (Å²) in [5, 5.41) is 0.205. The summed E-state index contributed by atoms with van der Waals surface area (Å²) in [6.07, 6.45) is 0. The lowest BCUT2D eigenvalue weighted by Crippen LogP contribution is -2.24. The number of ketones is 2. The Bertz CT molecular complexity index is 1450. The summed E-state index contributed by atoms with van der Waals surface area (Å²) < 4.78 is 6.44. The summed E-state index contributed by atoms with van der Waals surface area (Å²) in [5.74, 6) is -4.05. The summed E-state index contributed by atoms with van der Waals surface area (Å²) in [6, 6.07) is 22.5. The number of hydrogen-bond acceptors (Lipinski definition) is 5. The molecule has 7 heteroatoms. The molecule has 0 aliphatic carbocycles. The van der Waals surface area contributed by atoms with E-state index in [1.165, 1.54) is 6.07 Å². The molecule has 0 spiro atoms. The number of rotatable bonds is 7. The van der Waals surface area contributed by atoms with E-state index in [0.717, 1.165) is 23.8 Å². The predicted octanol–water partition coefficient (Wildman–Crippen LogP) is 3.69. The highest BCUT2D eigenvalue weighted by atomic mass is 16.5. The fourth-order valence-electron chi connectivity index (χ4n) is 4.25. The highest BCUT2D eigenvalue weighted by molar-refractivity contribution is 6.48. The molecule has 0 aliphatic heterocycles. The van der Waals surface area contributed by atoms with E-state index in [1.807, 2.05) is 59.2 Å². The summed E-state index contributed by atoms with van der Waals surface area (Å²) in [7, 11) is 1.10. The fourth-order valence-corrected chi connectivity index (χ4v) is 4.25. The van der Waals surface area contributed by atoms with Crippen molar-refractivity contribution >= 4 is 34.3 Å². The Balaban J connectivity index is 1.97. The molecular formula is C27H22N2O5. The minimum atomic E-state index is -1.15. The molecule has 1 amide bonds. The molecule has 2 N–H and O–H groups in total. The van der Waals surface area contributed by atoms with Gasteiger partial charge in [0.2, 0.25) is 0 Å². The van der Waals surface area contributed by atoms with Crippen LogP contribution in [0.25, 0.3) is 22.0 Å². The van der Waals surface area contributed by atoms with Gasteiger partial charge in [0.15, 0.2) is 0 Å². The van der Waals surface area contributed by atoms with Gasteiger partial charge < -0.3 is 15.0 Å². The average molecular weight is 454 g/mol. The van der Waals surface area contributed by atoms with E-state index in [1.54, 1.807) is 19.1 Å². The SMILES string of the molecule is COC(=O)C(=O)c1cccc2c1c(C(=O)C(N)=O)c(C)n2Cc1ccccc1-c1ccccc1.